The first-order valence-corrected chi connectivity index (χ1v) is 26.3. The third-order valence-electron chi connectivity index (χ3n) is 11.3. The molecule has 0 aromatic heterocycles. The number of hydrogen-bond donors (Lipinski definition) is 0. The van der Waals surface area contributed by atoms with E-state index in [-0.39, 0.29) is 31.1 Å². The summed E-state index contributed by atoms with van der Waals surface area (Å²) in [6, 6.07) is 0. The van der Waals surface area contributed by atoms with E-state index in [9.17, 15) is 14.4 Å². The van der Waals surface area contributed by atoms with Gasteiger partial charge in [0.15, 0.2) is 6.10 Å². The average Bonchev–Trinajstić information content (AvgIpc) is 3.27. The Morgan fingerprint density at radius 2 is 0.629 bits per heavy atom. The smallest absolute Gasteiger partial charge is 0.306 e. The van der Waals surface area contributed by atoms with Crippen molar-refractivity contribution in [3.63, 3.8) is 0 Å². The summed E-state index contributed by atoms with van der Waals surface area (Å²) in [5.74, 6) is -0.918. The first kappa shape index (κ1) is 59.1. The van der Waals surface area contributed by atoms with E-state index in [0.717, 1.165) is 89.9 Å². The van der Waals surface area contributed by atoms with Crippen LogP contribution in [0.4, 0.5) is 0 Å². The van der Waals surface area contributed by atoms with Gasteiger partial charge in [-0.25, -0.2) is 0 Å². The number of allylic oxidation sites excluding steroid dienone is 10. The Morgan fingerprint density at radius 3 is 1.02 bits per heavy atom. The van der Waals surface area contributed by atoms with Crippen molar-refractivity contribution < 1.29 is 28.6 Å². The van der Waals surface area contributed by atoms with E-state index in [1.807, 2.05) is 0 Å². The highest BCUT2D eigenvalue weighted by molar-refractivity contribution is 5.71. The quantitative estimate of drug-likeness (QED) is 0.0262. The maximum Gasteiger partial charge on any atom is 0.306 e. The molecular formula is C56H98O6. The van der Waals surface area contributed by atoms with E-state index in [4.69, 9.17) is 14.2 Å². The Labute approximate surface area is 383 Å². The minimum atomic E-state index is -0.789. The van der Waals surface area contributed by atoms with Gasteiger partial charge in [0.2, 0.25) is 0 Å². The number of carbonyl (C=O) groups excluding carboxylic acids is 3. The number of hydrogen-bond acceptors (Lipinski definition) is 6. The minimum absolute atomic E-state index is 0.0867. The first-order valence-electron chi connectivity index (χ1n) is 26.3. The van der Waals surface area contributed by atoms with Gasteiger partial charge in [-0.1, -0.05) is 216 Å². The maximum absolute atomic E-state index is 12.8. The fourth-order valence-electron chi connectivity index (χ4n) is 7.31. The van der Waals surface area contributed by atoms with Crippen LogP contribution in [0, 0.1) is 0 Å². The third kappa shape index (κ3) is 48.1. The van der Waals surface area contributed by atoms with Crippen molar-refractivity contribution in [2.45, 2.75) is 264 Å². The molecule has 0 saturated carbocycles. The third-order valence-corrected chi connectivity index (χ3v) is 11.3. The second-order valence-corrected chi connectivity index (χ2v) is 17.4. The summed E-state index contributed by atoms with van der Waals surface area (Å²) in [4.78, 5) is 38.0. The van der Waals surface area contributed by atoms with E-state index in [1.54, 1.807) is 0 Å². The van der Waals surface area contributed by atoms with Gasteiger partial charge >= 0.3 is 17.9 Å². The SMILES string of the molecule is CC/C=C\C/C=C\C/C=C\C/C=C\CCCCCC(=O)OC(COC(=O)CCCCCCCCC/C=C\CCCCCCCC)COC(=O)CCCCCCCCCCCCC. The molecule has 358 valence electrons. The van der Waals surface area contributed by atoms with Crippen LogP contribution in [0.3, 0.4) is 0 Å². The van der Waals surface area contributed by atoms with E-state index in [1.165, 1.54) is 128 Å². The van der Waals surface area contributed by atoms with E-state index < -0.39 is 6.10 Å². The summed E-state index contributed by atoms with van der Waals surface area (Å²) in [6.07, 6.45) is 62.0. The van der Waals surface area contributed by atoms with E-state index in [0.29, 0.717) is 19.3 Å². The van der Waals surface area contributed by atoms with Crippen LogP contribution in [0.15, 0.2) is 60.8 Å². The van der Waals surface area contributed by atoms with Crippen LogP contribution in [0.1, 0.15) is 258 Å². The van der Waals surface area contributed by atoms with Crippen molar-refractivity contribution >= 4 is 17.9 Å². The molecule has 0 aliphatic heterocycles. The molecule has 0 aromatic carbocycles. The second kappa shape index (κ2) is 50.8. The molecular weight excluding hydrogens is 769 g/mol. The average molecular weight is 867 g/mol. The topological polar surface area (TPSA) is 78.9 Å². The summed E-state index contributed by atoms with van der Waals surface area (Å²) < 4.78 is 16.8. The summed E-state index contributed by atoms with van der Waals surface area (Å²) in [7, 11) is 0. The van der Waals surface area contributed by atoms with Crippen LogP contribution in [-0.2, 0) is 28.6 Å². The van der Waals surface area contributed by atoms with E-state index >= 15 is 0 Å². The molecule has 0 heterocycles. The number of esters is 3. The van der Waals surface area contributed by atoms with Crippen LogP contribution >= 0.6 is 0 Å². The second-order valence-electron chi connectivity index (χ2n) is 17.4. The van der Waals surface area contributed by atoms with Crippen molar-refractivity contribution in [3.8, 4) is 0 Å². The molecule has 1 atom stereocenters. The van der Waals surface area contributed by atoms with Crippen LogP contribution in [0.25, 0.3) is 0 Å². The van der Waals surface area contributed by atoms with Gasteiger partial charge in [-0.2, -0.15) is 0 Å². The van der Waals surface area contributed by atoms with Crippen molar-refractivity contribution in [3.05, 3.63) is 60.8 Å². The highest BCUT2D eigenvalue weighted by Crippen LogP contribution is 2.15. The number of carbonyl (C=O) groups is 3. The van der Waals surface area contributed by atoms with E-state index in [2.05, 4.69) is 81.5 Å². The zero-order chi connectivity index (χ0) is 45.1. The molecule has 0 spiro atoms. The highest BCUT2D eigenvalue weighted by atomic mass is 16.6. The summed E-state index contributed by atoms with van der Waals surface area (Å²) >= 11 is 0. The molecule has 6 nitrogen and oxygen atoms in total. The Hall–Kier alpha value is -2.89. The van der Waals surface area contributed by atoms with Crippen molar-refractivity contribution in [2.24, 2.45) is 0 Å². The fourth-order valence-corrected chi connectivity index (χ4v) is 7.31. The zero-order valence-electron chi connectivity index (χ0n) is 40.9. The lowest BCUT2D eigenvalue weighted by Gasteiger charge is -2.18. The van der Waals surface area contributed by atoms with Gasteiger partial charge in [0.1, 0.15) is 13.2 Å². The Kier molecular flexibility index (Phi) is 48.4. The maximum atomic E-state index is 12.8. The van der Waals surface area contributed by atoms with Crippen LogP contribution in [-0.4, -0.2) is 37.2 Å². The standard InChI is InChI=1S/C56H98O6/c1-4-7-10-13-16-19-22-24-26-28-30-31-34-37-40-43-46-49-55(58)61-52-53(51-60-54(57)48-45-42-39-36-33-21-18-15-12-9-6-3)62-56(59)50-47-44-41-38-35-32-29-27-25-23-20-17-14-11-8-5-2/h8,11,17,20,24-27,32,35,53H,4-7,9-10,12-16,18-19,21-23,28-31,33-34,36-52H2,1-3H3/b11-8-,20-17-,26-24-,27-25-,35-32-. The van der Waals surface area contributed by atoms with Crippen LogP contribution < -0.4 is 0 Å². The largest absolute Gasteiger partial charge is 0.462 e. The predicted molar refractivity (Wildman–Crippen MR) is 265 cm³/mol. The van der Waals surface area contributed by atoms with Gasteiger partial charge in [-0.15, -0.1) is 0 Å². The lowest BCUT2D eigenvalue weighted by Crippen LogP contribution is -2.30. The molecule has 0 aliphatic rings. The highest BCUT2D eigenvalue weighted by Gasteiger charge is 2.19. The van der Waals surface area contributed by atoms with Gasteiger partial charge in [0.05, 0.1) is 0 Å². The number of unbranched alkanes of at least 4 members (excludes halogenated alkanes) is 26. The van der Waals surface area contributed by atoms with Crippen molar-refractivity contribution in [1.29, 1.82) is 0 Å². The molecule has 0 bridgehead atoms. The molecule has 0 aromatic rings. The lowest BCUT2D eigenvalue weighted by molar-refractivity contribution is -0.167. The van der Waals surface area contributed by atoms with Crippen LogP contribution in [0.2, 0.25) is 0 Å². The van der Waals surface area contributed by atoms with Crippen molar-refractivity contribution in [1.82, 2.24) is 0 Å². The Balaban J connectivity index is 4.41. The van der Waals surface area contributed by atoms with Crippen LogP contribution in [0.5, 0.6) is 0 Å². The molecule has 0 rings (SSSR count). The van der Waals surface area contributed by atoms with Crippen molar-refractivity contribution in [2.75, 3.05) is 13.2 Å². The lowest BCUT2D eigenvalue weighted by atomic mass is 10.1. The molecule has 0 radical (unpaired) electrons. The Bertz CT molecular complexity index is 1130. The monoisotopic (exact) mass is 867 g/mol. The molecule has 0 N–H and O–H groups in total. The van der Waals surface area contributed by atoms with Gasteiger partial charge in [-0.3, -0.25) is 14.4 Å². The van der Waals surface area contributed by atoms with Gasteiger partial charge in [0.25, 0.3) is 0 Å². The number of rotatable bonds is 47. The summed E-state index contributed by atoms with van der Waals surface area (Å²) in [6.45, 7) is 6.49. The minimum Gasteiger partial charge on any atom is -0.462 e. The zero-order valence-corrected chi connectivity index (χ0v) is 40.9. The van der Waals surface area contributed by atoms with Gasteiger partial charge in [-0.05, 0) is 83.5 Å². The Morgan fingerprint density at radius 1 is 0.339 bits per heavy atom. The molecule has 0 fully saturated rings. The van der Waals surface area contributed by atoms with Gasteiger partial charge in [0, 0.05) is 19.3 Å². The fraction of sp³-hybridized carbons (Fsp3) is 0.768. The first-order chi connectivity index (χ1) is 30.5. The predicted octanol–water partition coefficient (Wildman–Crippen LogP) is 17.3. The molecule has 0 aliphatic carbocycles. The van der Waals surface area contributed by atoms with Gasteiger partial charge < -0.3 is 14.2 Å². The number of ether oxygens (including phenoxy) is 3. The molecule has 0 amide bonds. The summed E-state index contributed by atoms with van der Waals surface area (Å²) in [5, 5.41) is 0. The molecule has 1 unspecified atom stereocenters. The molecule has 62 heavy (non-hydrogen) atoms. The normalized spacial score (nSPS) is 12.5. The molecule has 0 saturated heterocycles. The summed E-state index contributed by atoms with van der Waals surface area (Å²) in [5.41, 5.74) is 0. The molecule has 6 heteroatoms.